The second kappa shape index (κ2) is 11.4. The van der Waals surface area contributed by atoms with Gasteiger partial charge in [-0.25, -0.2) is 4.79 Å². The van der Waals surface area contributed by atoms with Gasteiger partial charge in [0.05, 0.1) is 18.7 Å². The standard InChI is InChI=1S/C24H26Cl2N2O5/c1-3-33-20-15-16(14-19(26)23(20)30)8-9-21(29)27-10-12-28(13-11-27)22(24(31)32-2)17-6-4-5-7-18(17)25/h4-9,14-15,22,30H,3,10-13H2,1-2H3. The number of carbonyl (C=O) groups excluding carboxylic acids is 2. The molecule has 1 aliphatic heterocycles. The lowest BCUT2D eigenvalue weighted by molar-refractivity contribution is -0.148. The van der Waals surface area contributed by atoms with Crippen LogP contribution in [0.15, 0.2) is 42.5 Å². The Morgan fingerprint density at radius 1 is 1.12 bits per heavy atom. The fourth-order valence-electron chi connectivity index (χ4n) is 3.71. The van der Waals surface area contributed by atoms with Gasteiger partial charge in [-0.1, -0.05) is 41.4 Å². The Morgan fingerprint density at radius 3 is 2.45 bits per heavy atom. The number of hydrogen-bond acceptors (Lipinski definition) is 6. The molecule has 1 heterocycles. The Bertz CT molecular complexity index is 1040. The molecule has 33 heavy (non-hydrogen) atoms. The number of carbonyl (C=O) groups is 2. The van der Waals surface area contributed by atoms with Gasteiger partial charge in [0.1, 0.15) is 6.04 Å². The van der Waals surface area contributed by atoms with Crippen molar-refractivity contribution < 1.29 is 24.2 Å². The molecule has 0 spiro atoms. The first-order valence-electron chi connectivity index (χ1n) is 10.5. The van der Waals surface area contributed by atoms with E-state index in [0.29, 0.717) is 48.9 Å². The van der Waals surface area contributed by atoms with Gasteiger partial charge in [-0.3, -0.25) is 9.69 Å². The summed E-state index contributed by atoms with van der Waals surface area (Å²) in [6, 6.07) is 9.74. The third-order valence-electron chi connectivity index (χ3n) is 5.38. The molecule has 0 saturated carbocycles. The molecule has 9 heteroatoms. The Morgan fingerprint density at radius 2 is 1.82 bits per heavy atom. The molecule has 1 unspecified atom stereocenters. The summed E-state index contributed by atoms with van der Waals surface area (Å²) < 4.78 is 10.4. The highest BCUT2D eigenvalue weighted by molar-refractivity contribution is 6.32. The van der Waals surface area contributed by atoms with E-state index >= 15 is 0 Å². The zero-order valence-electron chi connectivity index (χ0n) is 18.5. The fraction of sp³-hybridized carbons (Fsp3) is 0.333. The van der Waals surface area contributed by atoms with Crippen LogP contribution in [-0.2, 0) is 14.3 Å². The second-order valence-corrected chi connectivity index (χ2v) is 8.24. The molecular formula is C24H26Cl2N2O5. The lowest BCUT2D eigenvalue weighted by Gasteiger charge is -2.38. The Balaban J connectivity index is 1.67. The molecule has 1 amide bonds. The number of amides is 1. The number of methoxy groups -OCH3 is 1. The maximum absolute atomic E-state index is 12.7. The van der Waals surface area contributed by atoms with Gasteiger partial charge in [0.25, 0.3) is 0 Å². The number of ether oxygens (including phenoxy) is 2. The van der Waals surface area contributed by atoms with Crippen LogP contribution in [0, 0.1) is 0 Å². The van der Waals surface area contributed by atoms with Crippen LogP contribution in [-0.4, -0.2) is 66.7 Å². The lowest BCUT2D eigenvalue weighted by atomic mass is 10.0. The first kappa shape index (κ1) is 24.9. The van der Waals surface area contributed by atoms with Gasteiger partial charge >= 0.3 is 5.97 Å². The Labute approximate surface area is 203 Å². The first-order chi connectivity index (χ1) is 15.8. The quantitative estimate of drug-likeness (QED) is 0.461. The number of benzene rings is 2. The third kappa shape index (κ3) is 5.99. The van der Waals surface area contributed by atoms with Crippen molar-refractivity contribution in [2.45, 2.75) is 13.0 Å². The molecular weight excluding hydrogens is 467 g/mol. The molecule has 1 N–H and O–H groups in total. The summed E-state index contributed by atoms with van der Waals surface area (Å²) >= 11 is 12.4. The zero-order chi connectivity index (χ0) is 24.0. The number of nitrogens with zero attached hydrogens (tertiary/aromatic N) is 2. The van der Waals surface area contributed by atoms with Crippen molar-refractivity contribution in [1.29, 1.82) is 0 Å². The second-order valence-electron chi connectivity index (χ2n) is 7.42. The van der Waals surface area contributed by atoms with Crippen molar-refractivity contribution in [3.05, 3.63) is 63.6 Å². The first-order valence-corrected chi connectivity index (χ1v) is 11.3. The summed E-state index contributed by atoms with van der Waals surface area (Å²) in [4.78, 5) is 28.9. The van der Waals surface area contributed by atoms with E-state index in [9.17, 15) is 14.7 Å². The maximum Gasteiger partial charge on any atom is 0.327 e. The van der Waals surface area contributed by atoms with Crippen LogP contribution in [0.4, 0.5) is 0 Å². The molecule has 3 rings (SSSR count). The van der Waals surface area contributed by atoms with Crippen molar-refractivity contribution in [3.63, 3.8) is 0 Å². The summed E-state index contributed by atoms with van der Waals surface area (Å²) in [6.45, 7) is 4.05. The molecule has 0 aromatic heterocycles. The summed E-state index contributed by atoms with van der Waals surface area (Å²) in [5.74, 6) is -0.419. The smallest absolute Gasteiger partial charge is 0.327 e. The third-order valence-corrected chi connectivity index (χ3v) is 6.02. The van der Waals surface area contributed by atoms with Gasteiger partial charge in [-0.2, -0.15) is 0 Å². The van der Waals surface area contributed by atoms with Gasteiger partial charge in [-0.15, -0.1) is 0 Å². The van der Waals surface area contributed by atoms with Crippen molar-refractivity contribution in [2.24, 2.45) is 0 Å². The summed E-state index contributed by atoms with van der Waals surface area (Å²) in [5.41, 5.74) is 1.32. The van der Waals surface area contributed by atoms with E-state index in [0.717, 1.165) is 0 Å². The molecule has 2 aromatic rings. The van der Waals surface area contributed by atoms with E-state index in [1.54, 1.807) is 36.1 Å². The summed E-state index contributed by atoms with van der Waals surface area (Å²) in [5, 5.41) is 10.6. The SMILES string of the molecule is CCOc1cc(C=CC(=O)N2CCN(C(C(=O)OC)c3ccccc3Cl)CC2)cc(Cl)c1O. The molecule has 1 aliphatic rings. The largest absolute Gasteiger partial charge is 0.503 e. The fourth-order valence-corrected chi connectivity index (χ4v) is 4.17. The van der Waals surface area contributed by atoms with Gasteiger partial charge in [0.15, 0.2) is 11.5 Å². The minimum absolute atomic E-state index is 0.128. The number of aromatic hydroxyl groups is 1. The summed E-state index contributed by atoms with van der Waals surface area (Å²) in [6.07, 6.45) is 3.09. The van der Waals surface area contributed by atoms with Crippen LogP contribution >= 0.6 is 23.2 Å². The average Bonchev–Trinajstić information content (AvgIpc) is 2.82. The minimum atomic E-state index is -0.632. The van der Waals surface area contributed by atoms with Crippen LogP contribution in [0.2, 0.25) is 10.0 Å². The molecule has 0 aliphatic carbocycles. The normalized spacial score (nSPS) is 15.5. The number of phenols is 1. The topological polar surface area (TPSA) is 79.3 Å². The molecule has 1 atom stereocenters. The molecule has 7 nitrogen and oxygen atoms in total. The predicted molar refractivity (Wildman–Crippen MR) is 128 cm³/mol. The van der Waals surface area contributed by atoms with Gasteiger partial charge in [0.2, 0.25) is 5.91 Å². The lowest BCUT2D eigenvalue weighted by Crippen LogP contribution is -2.50. The van der Waals surface area contributed by atoms with Crippen molar-refractivity contribution in [2.75, 3.05) is 39.9 Å². The van der Waals surface area contributed by atoms with E-state index in [4.69, 9.17) is 32.7 Å². The van der Waals surface area contributed by atoms with E-state index in [1.165, 1.54) is 13.2 Å². The van der Waals surface area contributed by atoms with Crippen LogP contribution in [0.3, 0.4) is 0 Å². The minimum Gasteiger partial charge on any atom is -0.503 e. The van der Waals surface area contributed by atoms with Crippen LogP contribution in [0.25, 0.3) is 6.08 Å². The van der Waals surface area contributed by atoms with Gasteiger partial charge < -0.3 is 19.5 Å². The molecule has 176 valence electrons. The van der Waals surface area contributed by atoms with Crippen LogP contribution in [0.1, 0.15) is 24.1 Å². The number of rotatable bonds is 7. The zero-order valence-corrected chi connectivity index (χ0v) is 20.0. The van der Waals surface area contributed by atoms with E-state index in [2.05, 4.69) is 0 Å². The number of phenolic OH excluding ortho intramolecular Hbond substituents is 1. The van der Waals surface area contributed by atoms with Crippen LogP contribution in [0.5, 0.6) is 11.5 Å². The molecule has 0 bridgehead atoms. The predicted octanol–water partition coefficient (Wildman–Crippen LogP) is 4.17. The summed E-state index contributed by atoms with van der Waals surface area (Å²) in [7, 11) is 1.35. The van der Waals surface area contributed by atoms with Crippen molar-refractivity contribution >= 4 is 41.2 Å². The van der Waals surface area contributed by atoms with Gasteiger partial charge in [-0.05, 0) is 42.3 Å². The van der Waals surface area contributed by atoms with Crippen molar-refractivity contribution in [1.82, 2.24) is 9.80 Å². The maximum atomic E-state index is 12.7. The van der Waals surface area contributed by atoms with Crippen molar-refractivity contribution in [3.8, 4) is 11.5 Å². The number of piperazine rings is 1. The van der Waals surface area contributed by atoms with Gasteiger partial charge in [0, 0.05) is 37.3 Å². The van der Waals surface area contributed by atoms with E-state index < -0.39 is 12.0 Å². The van der Waals surface area contributed by atoms with E-state index in [-0.39, 0.29) is 22.4 Å². The highest BCUT2D eigenvalue weighted by Gasteiger charge is 2.33. The Kier molecular flexibility index (Phi) is 8.61. The molecule has 0 radical (unpaired) electrons. The number of halogens is 2. The number of hydrogen-bond donors (Lipinski definition) is 1. The highest BCUT2D eigenvalue weighted by Crippen LogP contribution is 2.35. The average molecular weight is 493 g/mol. The van der Waals surface area contributed by atoms with Crippen LogP contribution < -0.4 is 4.74 Å². The number of esters is 1. The monoisotopic (exact) mass is 492 g/mol. The van der Waals surface area contributed by atoms with E-state index in [1.807, 2.05) is 23.1 Å². The highest BCUT2D eigenvalue weighted by atomic mass is 35.5. The molecule has 1 saturated heterocycles. The molecule has 1 fully saturated rings. The molecule has 2 aromatic carbocycles. The Hall–Kier alpha value is -2.74.